The second-order valence-corrected chi connectivity index (χ2v) is 7.16. The third-order valence-electron chi connectivity index (χ3n) is 5.60. The molecule has 0 N–H and O–H groups in total. The van der Waals surface area contributed by atoms with Crippen LogP contribution in [0.4, 0.5) is 0 Å². The van der Waals surface area contributed by atoms with E-state index < -0.39 is 0 Å². The van der Waals surface area contributed by atoms with Gasteiger partial charge in [-0.05, 0) is 53.3 Å². The molecule has 0 radical (unpaired) electrons. The van der Waals surface area contributed by atoms with Crippen LogP contribution in [0.25, 0.3) is 11.1 Å². The summed E-state index contributed by atoms with van der Waals surface area (Å²) in [6.07, 6.45) is 1.97. The van der Waals surface area contributed by atoms with Gasteiger partial charge in [-0.25, -0.2) is 0 Å². The highest BCUT2D eigenvalue weighted by Crippen LogP contribution is 2.51. The summed E-state index contributed by atoms with van der Waals surface area (Å²) in [6, 6.07) is 8.83. The first-order chi connectivity index (χ1) is 12.7. The van der Waals surface area contributed by atoms with E-state index in [2.05, 4.69) is 23.1 Å². The van der Waals surface area contributed by atoms with E-state index in [1.807, 2.05) is 6.07 Å². The van der Waals surface area contributed by atoms with Gasteiger partial charge in [-0.1, -0.05) is 6.07 Å². The van der Waals surface area contributed by atoms with Crippen LogP contribution in [0.1, 0.15) is 22.7 Å². The van der Waals surface area contributed by atoms with Crippen molar-refractivity contribution in [3.8, 4) is 28.4 Å². The number of rotatable bonds is 5. The fraction of sp³-hybridized carbons (Fsp3) is 0.429. The molecular formula is C21H24ClNO3. The quantitative estimate of drug-likeness (QED) is 0.739. The Morgan fingerprint density at radius 1 is 1.08 bits per heavy atom. The Bertz CT molecular complexity index is 836. The monoisotopic (exact) mass is 373 g/mol. The van der Waals surface area contributed by atoms with E-state index in [-0.39, 0.29) is 0 Å². The SMILES string of the molecule is COc1cc2c3c(c1)-c1c(ccc(OC)c1OC)CC3N(CCCl)CC2. The molecule has 1 unspecified atom stereocenters. The molecule has 0 aromatic heterocycles. The lowest BCUT2D eigenvalue weighted by Gasteiger charge is -2.42. The summed E-state index contributed by atoms with van der Waals surface area (Å²) in [6.45, 7) is 1.93. The number of halogens is 1. The van der Waals surface area contributed by atoms with Crippen LogP contribution in [0.5, 0.6) is 17.2 Å². The van der Waals surface area contributed by atoms with Crippen LogP contribution in [0.2, 0.25) is 0 Å². The van der Waals surface area contributed by atoms with E-state index in [9.17, 15) is 0 Å². The molecule has 26 heavy (non-hydrogen) atoms. The Morgan fingerprint density at radius 3 is 2.62 bits per heavy atom. The average molecular weight is 374 g/mol. The van der Waals surface area contributed by atoms with Crippen LogP contribution >= 0.6 is 11.6 Å². The number of methoxy groups -OCH3 is 3. The summed E-state index contributed by atoms with van der Waals surface area (Å²) < 4.78 is 16.9. The van der Waals surface area contributed by atoms with Gasteiger partial charge in [-0.2, -0.15) is 0 Å². The maximum absolute atomic E-state index is 6.08. The van der Waals surface area contributed by atoms with Gasteiger partial charge in [-0.3, -0.25) is 4.90 Å². The van der Waals surface area contributed by atoms with Crippen molar-refractivity contribution < 1.29 is 14.2 Å². The van der Waals surface area contributed by atoms with Crippen LogP contribution in [0.3, 0.4) is 0 Å². The van der Waals surface area contributed by atoms with Crippen LogP contribution in [0, 0.1) is 0 Å². The summed E-state index contributed by atoms with van der Waals surface area (Å²) in [4.78, 5) is 2.50. The van der Waals surface area contributed by atoms with Crippen LogP contribution in [0.15, 0.2) is 24.3 Å². The van der Waals surface area contributed by atoms with Crippen LogP contribution in [-0.2, 0) is 12.8 Å². The van der Waals surface area contributed by atoms with E-state index >= 15 is 0 Å². The maximum atomic E-state index is 6.08. The minimum Gasteiger partial charge on any atom is -0.497 e. The second kappa shape index (κ2) is 7.01. The Balaban J connectivity index is 1.98. The highest BCUT2D eigenvalue weighted by molar-refractivity contribution is 6.18. The van der Waals surface area contributed by atoms with Gasteiger partial charge in [0.25, 0.3) is 0 Å². The minimum atomic E-state index is 0.351. The summed E-state index contributed by atoms with van der Waals surface area (Å²) in [7, 11) is 5.11. The predicted molar refractivity (Wildman–Crippen MR) is 104 cm³/mol. The van der Waals surface area contributed by atoms with Gasteiger partial charge in [0.1, 0.15) is 5.75 Å². The van der Waals surface area contributed by atoms with Crippen molar-refractivity contribution >= 4 is 11.6 Å². The van der Waals surface area contributed by atoms with E-state index in [0.29, 0.717) is 11.9 Å². The molecule has 0 fully saturated rings. The maximum Gasteiger partial charge on any atom is 0.168 e. The van der Waals surface area contributed by atoms with E-state index in [1.165, 1.54) is 22.3 Å². The molecule has 0 saturated heterocycles. The Labute approximate surface area is 159 Å². The third-order valence-corrected chi connectivity index (χ3v) is 5.77. The van der Waals surface area contributed by atoms with E-state index in [1.54, 1.807) is 21.3 Å². The van der Waals surface area contributed by atoms with Gasteiger partial charge < -0.3 is 14.2 Å². The zero-order valence-corrected chi connectivity index (χ0v) is 16.2. The number of hydrogen-bond acceptors (Lipinski definition) is 4. The topological polar surface area (TPSA) is 30.9 Å². The first-order valence-corrected chi connectivity index (χ1v) is 9.50. The van der Waals surface area contributed by atoms with Gasteiger partial charge in [0.05, 0.1) is 21.3 Å². The van der Waals surface area contributed by atoms with Crippen molar-refractivity contribution in [1.82, 2.24) is 4.90 Å². The smallest absolute Gasteiger partial charge is 0.168 e. The molecule has 1 aliphatic heterocycles. The van der Waals surface area contributed by atoms with Crippen molar-refractivity contribution in [2.24, 2.45) is 0 Å². The third kappa shape index (κ3) is 2.63. The van der Waals surface area contributed by atoms with Crippen LogP contribution < -0.4 is 14.2 Å². The second-order valence-electron chi connectivity index (χ2n) is 6.78. The first kappa shape index (κ1) is 17.5. The Kier molecular flexibility index (Phi) is 4.72. The number of hydrogen-bond donors (Lipinski definition) is 0. The number of benzene rings is 2. The van der Waals surface area contributed by atoms with Crippen molar-refractivity contribution in [1.29, 1.82) is 0 Å². The van der Waals surface area contributed by atoms with Gasteiger partial charge in [0, 0.05) is 30.6 Å². The van der Waals surface area contributed by atoms with E-state index in [4.69, 9.17) is 25.8 Å². The molecular weight excluding hydrogens is 350 g/mol. The number of alkyl halides is 1. The molecule has 0 bridgehead atoms. The van der Waals surface area contributed by atoms with Gasteiger partial charge in [0.2, 0.25) is 0 Å². The summed E-state index contributed by atoms with van der Waals surface area (Å²) >= 11 is 6.08. The molecule has 1 aliphatic carbocycles. The largest absolute Gasteiger partial charge is 0.497 e. The Morgan fingerprint density at radius 2 is 1.92 bits per heavy atom. The molecule has 0 saturated carbocycles. The van der Waals surface area contributed by atoms with Crippen molar-refractivity contribution in [3.63, 3.8) is 0 Å². The van der Waals surface area contributed by atoms with Crippen molar-refractivity contribution in [2.75, 3.05) is 40.3 Å². The predicted octanol–water partition coefficient (Wildman–Crippen LogP) is 4.07. The minimum absolute atomic E-state index is 0.351. The number of ether oxygens (including phenoxy) is 3. The highest BCUT2D eigenvalue weighted by Gasteiger charge is 2.36. The lowest BCUT2D eigenvalue weighted by atomic mass is 9.76. The van der Waals surface area contributed by atoms with Crippen molar-refractivity contribution in [2.45, 2.75) is 18.9 Å². The molecule has 4 nitrogen and oxygen atoms in total. The number of nitrogens with zero attached hydrogens (tertiary/aromatic N) is 1. The average Bonchev–Trinajstić information content (AvgIpc) is 2.68. The molecule has 1 heterocycles. The van der Waals surface area contributed by atoms with Gasteiger partial charge >= 0.3 is 0 Å². The van der Waals surface area contributed by atoms with Crippen LogP contribution in [-0.4, -0.2) is 45.2 Å². The standard InChI is InChI=1S/C21H24ClNO3/c1-24-15-10-14-6-8-23(9-7-22)17-11-13-4-5-18(25-2)21(26-3)20(13)16(12-15)19(14)17/h4-5,10,12,17H,6-9,11H2,1-3H3. The number of fused-ring (bicyclic) bond motifs is 2. The molecule has 2 aromatic carbocycles. The fourth-order valence-corrected chi connectivity index (χ4v) is 4.68. The summed E-state index contributed by atoms with van der Waals surface area (Å²) in [5.74, 6) is 3.10. The molecule has 0 amide bonds. The van der Waals surface area contributed by atoms with Crippen molar-refractivity contribution in [3.05, 3.63) is 41.0 Å². The molecule has 5 heteroatoms. The molecule has 0 spiro atoms. The zero-order valence-electron chi connectivity index (χ0n) is 15.5. The zero-order chi connectivity index (χ0) is 18.3. The van der Waals surface area contributed by atoms with Gasteiger partial charge in [0.15, 0.2) is 11.5 Å². The van der Waals surface area contributed by atoms with Gasteiger partial charge in [-0.15, -0.1) is 11.6 Å². The molecule has 2 aromatic rings. The molecule has 1 atom stereocenters. The lowest BCUT2D eigenvalue weighted by molar-refractivity contribution is 0.193. The molecule has 138 valence electrons. The molecule has 4 rings (SSSR count). The lowest BCUT2D eigenvalue weighted by Crippen LogP contribution is -2.39. The fourth-order valence-electron chi connectivity index (χ4n) is 4.46. The highest BCUT2D eigenvalue weighted by atomic mass is 35.5. The first-order valence-electron chi connectivity index (χ1n) is 8.96. The molecule has 2 aliphatic rings. The normalized spacial score (nSPS) is 18.1. The summed E-state index contributed by atoms with van der Waals surface area (Å²) in [5.41, 5.74) is 6.36. The summed E-state index contributed by atoms with van der Waals surface area (Å²) in [5, 5.41) is 0. The Hall–Kier alpha value is -1.91. The van der Waals surface area contributed by atoms with E-state index in [0.717, 1.165) is 48.7 Å².